The normalized spacial score (nSPS) is 22.2. The van der Waals surface area contributed by atoms with Gasteiger partial charge in [0.25, 0.3) is 11.8 Å². The molecule has 6 heteroatoms. The SMILES string of the molecule is CN1C(=O)C(C)(Cc2ccccc2)N(C)C(=O)/C1=C\c1cccnc1I. The van der Waals surface area contributed by atoms with E-state index in [1.807, 2.05) is 49.4 Å². The Balaban J connectivity index is 1.98. The van der Waals surface area contributed by atoms with E-state index in [0.29, 0.717) is 12.1 Å². The summed E-state index contributed by atoms with van der Waals surface area (Å²) in [6.07, 6.45) is 3.90. The summed E-state index contributed by atoms with van der Waals surface area (Å²) < 4.78 is 0.784. The number of benzene rings is 1. The van der Waals surface area contributed by atoms with Crippen LogP contribution in [-0.4, -0.2) is 46.2 Å². The fourth-order valence-corrected chi connectivity index (χ4v) is 3.65. The molecule has 0 spiro atoms. The number of carbonyl (C=O) groups excluding carboxylic acids is 2. The second-order valence-electron chi connectivity index (χ2n) is 6.58. The lowest BCUT2D eigenvalue weighted by Gasteiger charge is -2.45. The van der Waals surface area contributed by atoms with E-state index in [-0.39, 0.29) is 11.8 Å². The molecule has 5 nitrogen and oxygen atoms in total. The number of aromatic nitrogens is 1. The minimum Gasteiger partial charge on any atom is -0.326 e. The predicted molar refractivity (Wildman–Crippen MR) is 109 cm³/mol. The van der Waals surface area contributed by atoms with Gasteiger partial charge in [0.2, 0.25) is 0 Å². The van der Waals surface area contributed by atoms with Crippen LogP contribution in [0, 0.1) is 3.70 Å². The molecule has 0 saturated carbocycles. The quantitative estimate of drug-likeness (QED) is 0.402. The molecule has 2 heterocycles. The van der Waals surface area contributed by atoms with E-state index in [9.17, 15) is 9.59 Å². The topological polar surface area (TPSA) is 53.5 Å². The number of nitrogens with zero attached hydrogens (tertiary/aromatic N) is 3. The van der Waals surface area contributed by atoms with Gasteiger partial charge in [0.05, 0.1) is 0 Å². The van der Waals surface area contributed by atoms with E-state index in [2.05, 4.69) is 27.6 Å². The molecule has 1 fully saturated rings. The predicted octanol–water partition coefficient (Wildman–Crippen LogP) is 2.96. The van der Waals surface area contributed by atoms with Crippen LogP contribution in [0.25, 0.3) is 6.08 Å². The lowest BCUT2D eigenvalue weighted by Crippen LogP contribution is -2.64. The number of hydrogen-bond donors (Lipinski definition) is 0. The third kappa shape index (κ3) is 3.25. The van der Waals surface area contributed by atoms with Crippen molar-refractivity contribution in [3.05, 3.63) is 69.2 Å². The fraction of sp³-hybridized carbons (Fsp3) is 0.250. The highest BCUT2D eigenvalue weighted by Gasteiger charge is 2.48. The molecule has 0 N–H and O–H groups in total. The fourth-order valence-electron chi connectivity index (χ4n) is 3.15. The summed E-state index contributed by atoms with van der Waals surface area (Å²) in [6, 6.07) is 13.4. The Morgan fingerprint density at radius 2 is 1.81 bits per heavy atom. The molecule has 1 aliphatic rings. The van der Waals surface area contributed by atoms with Crippen LogP contribution in [0.1, 0.15) is 18.1 Å². The lowest BCUT2D eigenvalue weighted by molar-refractivity contribution is -0.155. The van der Waals surface area contributed by atoms with Crippen LogP contribution in [0.2, 0.25) is 0 Å². The first-order valence-electron chi connectivity index (χ1n) is 8.27. The largest absolute Gasteiger partial charge is 0.326 e. The highest BCUT2D eigenvalue weighted by molar-refractivity contribution is 14.1. The van der Waals surface area contributed by atoms with Gasteiger partial charge in [-0.2, -0.15) is 0 Å². The molecular weight excluding hydrogens is 441 g/mol. The van der Waals surface area contributed by atoms with Gasteiger partial charge < -0.3 is 9.80 Å². The number of piperazine rings is 1. The van der Waals surface area contributed by atoms with Crippen molar-refractivity contribution in [1.29, 1.82) is 0 Å². The van der Waals surface area contributed by atoms with Crippen molar-refractivity contribution in [2.45, 2.75) is 18.9 Å². The molecule has 1 saturated heterocycles. The zero-order valence-electron chi connectivity index (χ0n) is 14.9. The number of likely N-dealkylation sites (N-methyl/N-ethyl adjacent to an activating group) is 2. The maximum Gasteiger partial charge on any atom is 0.271 e. The van der Waals surface area contributed by atoms with Crippen LogP contribution in [0.5, 0.6) is 0 Å². The van der Waals surface area contributed by atoms with Gasteiger partial charge in [-0.15, -0.1) is 0 Å². The summed E-state index contributed by atoms with van der Waals surface area (Å²) in [7, 11) is 3.35. The van der Waals surface area contributed by atoms with Gasteiger partial charge >= 0.3 is 0 Å². The Hall–Kier alpha value is -2.22. The molecule has 1 aromatic carbocycles. The molecule has 0 bridgehead atoms. The van der Waals surface area contributed by atoms with E-state index in [0.717, 1.165) is 14.8 Å². The Morgan fingerprint density at radius 3 is 2.46 bits per heavy atom. The highest BCUT2D eigenvalue weighted by Crippen LogP contribution is 2.31. The van der Waals surface area contributed by atoms with Crippen LogP contribution in [-0.2, 0) is 16.0 Å². The minimum absolute atomic E-state index is 0.103. The molecular formula is C20H20IN3O2. The molecule has 1 aromatic heterocycles. The average Bonchev–Trinajstić information content (AvgIpc) is 2.65. The van der Waals surface area contributed by atoms with Crippen LogP contribution >= 0.6 is 22.6 Å². The molecule has 2 amide bonds. The summed E-state index contributed by atoms with van der Waals surface area (Å²) in [5.74, 6) is -0.279. The Morgan fingerprint density at radius 1 is 1.12 bits per heavy atom. The van der Waals surface area contributed by atoms with Gasteiger partial charge in [0.1, 0.15) is 14.9 Å². The van der Waals surface area contributed by atoms with Crippen molar-refractivity contribution >= 4 is 40.5 Å². The van der Waals surface area contributed by atoms with Gasteiger partial charge in [0.15, 0.2) is 0 Å². The number of rotatable bonds is 3. The molecule has 2 aromatic rings. The second-order valence-corrected chi connectivity index (χ2v) is 7.60. The van der Waals surface area contributed by atoms with Crippen LogP contribution in [0.4, 0.5) is 0 Å². The summed E-state index contributed by atoms with van der Waals surface area (Å²) >= 11 is 2.12. The summed E-state index contributed by atoms with van der Waals surface area (Å²) in [5, 5.41) is 0. The van der Waals surface area contributed by atoms with Gasteiger partial charge in [0, 0.05) is 32.3 Å². The van der Waals surface area contributed by atoms with Crippen molar-refractivity contribution < 1.29 is 9.59 Å². The van der Waals surface area contributed by atoms with Gasteiger partial charge in [-0.3, -0.25) is 9.59 Å². The number of amides is 2. The first kappa shape index (κ1) is 18.6. The molecule has 1 atom stereocenters. The van der Waals surface area contributed by atoms with E-state index < -0.39 is 5.54 Å². The molecule has 0 aliphatic carbocycles. The first-order chi connectivity index (χ1) is 12.3. The first-order valence-corrected chi connectivity index (χ1v) is 9.35. The molecule has 1 aliphatic heterocycles. The maximum atomic E-state index is 13.2. The number of pyridine rings is 1. The maximum absolute atomic E-state index is 13.2. The van der Waals surface area contributed by atoms with Crippen molar-refractivity contribution in [3.63, 3.8) is 0 Å². The molecule has 134 valence electrons. The molecule has 0 radical (unpaired) electrons. The summed E-state index contributed by atoms with van der Waals surface area (Å²) in [6.45, 7) is 1.82. The van der Waals surface area contributed by atoms with E-state index in [1.54, 1.807) is 31.3 Å². The number of halogens is 1. The molecule has 26 heavy (non-hydrogen) atoms. The Labute approximate surface area is 166 Å². The van der Waals surface area contributed by atoms with Crippen molar-refractivity contribution in [1.82, 2.24) is 14.8 Å². The van der Waals surface area contributed by atoms with E-state index in [4.69, 9.17) is 0 Å². The lowest BCUT2D eigenvalue weighted by atomic mass is 9.87. The van der Waals surface area contributed by atoms with E-state index in [1.165, 1.54) is 4.90 Å². The smallest absolute Gasteiger partial charge is 0.271 e. The van der Waals surface area contributed by atoms with Crippen molar-refractivity contribution in [3.8, 4) is 0 Å². The number of hydrogen-bond acceptors (Lipinski definition) is 3. The van der Waals surface area contributed by atoms with Crippen LogP contribution in [0.15, 0.2) is 54.4 Å². The highest BCUT2D eigenvalue weighted by atomic mass is 127. The van der Waals surface area contributed by atoms with Gasteiger partial charge in [-0.05, 0) is 47.2 Å². The van der Waals surface area contributed by atoms with Gasteiger partial charge in [-0.25, -0.2) is 4.98 Å². The van der Waals surface area contributed by atoms with E-state index >= 15 is 0 Å². The second kappa shape index (κ2) is 7.19. The summed E-state index contributed by atoms with van der Waals surface area (Å²) in [4.78, 5) is 33.5. The third-order valence-corrected chi connectivity index (χ3v) is 5.76. The minimum atomic E-state index is -0.924. The third-order valence-electron chi connectivity index (χ3n) is 4.86. The van der Waals surface area contributed by atoms with Crippen molar-refractivity contribution in [2.75, 3.05) is 14.1 Å². The average molecular weight is 461 g/mol. The number of carbonyl (C=O) groups is 2. The zero-order chi connectivity index (χ0) is 18.9. The molecule has 1 unspecified atom stereocenters. The zero-order valence-corrected chi connectivity index (χ0v) is 17.1. The van der Waals surface area contributed by atoms with Crippen LogP contribution < -0.4 is 0 Å². The Kier molecular flexibility index (Phi) is 5.13. The van der Waals surface area contributed by atoms with Crippen molar-refractivity contribution in [2.24, 2.45) is 0 Å². The molecule has 3 rings (SSSR count). The Bertz CT molecular complexity index is 882. The van der Waals surface area contributed by atoms with Crippen LogP contribution in [0.3, 0.4) is 0 Å². The summed E-state index contributed by atoms with van der Waals surface area (Å²) in [5.41, 5.74) is 1.27. The van der Waals surface area contributed by atoms with Gasteiger partial charge in [-0.1, -0.05) is 36.4 Å². The monoisotopic (exact) mass is 461 g/mol. The standard InChI is InChI=1S/C20H20IN3O2/c1-20(13-14-8-5-4-6-9-14)19(26)23(2)16(18(25)24(20)3)12-15-10-7-11-22-17(15)21/h4-12H,13H2,1-3H3/b16-12+.